The average Bonchev–Trinajstić information content (AvgIpc) is 3.09. The first-order chi connectivity index (χ1) is 9.62. The van der Waals surface area contributed by atoms with Gasteiger partial charge in [-0.25, -0.2) is 9.44 Å². The predicted molar refractivity (Wildman–Crippen MR) is 77.5 cm³/mol. The summed E-state index contributed by atoms with van der Waals surface area (Å²) in [6, 6.07) is 3.70. The van der Waals surface area contributed by atoms with Crippen molar-refractivity contribution in [2.45, 2.75) is 32.2 Å². The molecule has 1 aromatic heterocycles. The minimum absolute atomic E-state index is 0.0364. The summed E-state index contributed by atoms with van der Waals surface area (Å²) in [5, 5.41) is 0. The lowest BCUT2D eigenvalue weighted by atomic mass is 10.2. The van der Waals surface area contributed by atoms with E-state index in [0.29, 0.717) is 13.1 Å². The van der Waals surface area contributed by atoms with E-state index in [9.17, 15) is 8.42 Å². The van der Waals surface area contributed by atoms with Gasteiger partial charge in [-0.15, -0.1) is 0 Å². The Labute approximate surface area is 120 Å². The minimum Gasteiger partial charge on any atom is -0.468 e. The third kappa shape index (κ3) is 4.31. The summed E-state index contributed by atoms with van der Waals surface area (Å²) in [4.78, 5) is 2.27. The summed E-state index contributed by atoms with van der Waals surface area (Å²) in [5.74, 6) is 0.810. The molecule has 1 fully saturated rings. The van der Waals surface area contributed by atoms with Gasteiger partial charge >= 0.3 is 0 Å². The van der Waals surface area contributed by atoms with Gasteiger partial charge < -0.3 is 4.42 Å². The number of nitrogens with one attached hydrogen (secondary N) is 2. The standard InChI is InChI=1S/C13H23N3O3S/c1-2-7-14-20(17,18)15-11-12(13-6-5-10-19-13)16-8-3-4-9-16/h5-6,10,12,14-15H,2-4,7-9,11H2,1H3. The van der Waals surface area contributed by atoms with Gasteiger partial charge in [-0.05, 0) is 44.5 Å². The zero-order valence-electron chi connectivity index (χ0n) is 11.8. The SMILES string of the molecule is CCCNS(=O)(=O)NCC(c1ccco1)N1CCCC1. The van der Waals surface area contributed by atoms with Crippen molar-refractivity contribution in [2.24, 2.45) is 0 Å². The van der Waals surface area contributed by atoms with E-state index < -0.39 is 10.2 Å². The molecule has 1 aliphatic rings. The van der Waals surface area contributed by atoms with E-state index in [4.69, 9.17) is 4.42 Å². The quantitative estimate of drug-likeness (QED) is 0.758. The van der Waals surface area contributed by atoms with Crippen LogP contribution in [0.25, 0.3) is 0 Å². The first-order valence-electron chi connectivity index (χ1n) is 7.14. The van der Waals surface area contributed by atoms with Crippen LogP contribution >= 0.6 is 0 Å². The number of nitrogens with zero attached hydrogens (tertiary/aromatic N) is 1. The first-order valence-corrected chi connectivity index (χ1v) is 8.62. The summed E-state index contributed by atoms with van der Waals surface area (Å²) in [6.07, 6.45) is 4.70. The van der Waals surface area contributed by atoms with E-state index in [0.717, 1.165) is 38.1 Å². The number of rotatable bonds is 8. The Morgan fingerprint density at radius 2 is 2.10 bits per heavy atom. The highest BCUT2D eigenvalue weighted by atomic mass is 32.2. The fourth-order valence-electron chi connectivity index (χ4n) is 2.42. The molecule has 1 aliphatic heterocycles. The molecule has 1 unspecified atom stereocenters. The van der Waals surface area contributed by atoms with E-state index in [1.165, 1.54) is 0 Å². The molecule has 0 saturated carbocycles. The molecule has 7 heteroatoms. The third-order valence-corrected chi connectivity index (χ3v) is 4.59. The molecule has 114 valence electrons. The minimum atomic E-state index is -3.43. The van der Waals surface area contributed by atoms with Crippen LogP contribution in [0.3, 0.4) is 0 Å². The molecular formula is C13H23N3O3S. The maximum Gasteiger partial charge on any atom is 0.276 e. The second-order valence-electron chi connectivity index (χ2n) is 5.02. The van der Waals surface area contributed by atoms with E-state index in [-0.39, 0.29) is 6.04 Å². The second-order valence-corrected chi connectivity index (χ2v) is 6.60. The molecule has 1 aromatic rings. The highest BCUT2D eigenvalue weighted by Crippen LogP contribution is 2.24. The molecule has 2 heterocycles. The molecule has 1 atom stereocenters. The lowest BCUT2D eigenvalue weighted by Gasteiger charge is -2.25. The third-order valence-electron chi connectivity index (χ3n) is 3.46. The van der Waals surface area contributed by atoms with Crippen molar-refractivity contribution < 1.29 is 12.8 Å². The molecule has 6 nitrogen and oxygen atoms in total. The molecule has 1 saturated heterocycles. The molecule has 2 N–H and O–H groups in total. The Bertz CT molecular complexity index is 481. The Morgan fingerprint density at radius 3 is 2.70 bits per heavy atom. The van der Waals surface area contributed by atoms with Crippen LogP contribution < -0.4 is 9.44 Å². The van der Waals surface area contributed by atoms with Gasteiger partial charge in [0.05, 0.1) is 12.3 Å². The molecular weight excluding hydrogens is 278 g/mol. The van der Waals surface area contributed by atoms with Crippen LogP contribution in [0.15, 0.2) is 22.8 Å². The van der Waals surface area contributed by atoms with Gasteiger partial charge in [0, 0.05) is 13.1 Å². The molecule has 20 heavy (non-hydrogen) atoms. The lowest BCUT2D eigenvalue weighted by Crippen LogP contribution is -2.42. The summed E-state index contributed by atoms with van der Waals surface area (Å²) >= 11 is 0. The second kappa shape index (κ2) is 7.21. The lowest BCUT2D eigenvalue weighted by molar-refractivity contribution is 0.216. The monoisotopic (exact) mass is 301 g/mol. The van der Waals surface area contributed by atoms with Gasteiger partial charge in [0.25, 0.3) is 10.2 Å². The maximum atomic E-state index is 11.8. The Kier molecular flexibility index (Phi) is 5.59. The number of likely N-dealkylation sites (tertiary alicyclic amines) is 1. The molecule has 0 aliphatic carbocycles. The van der Waals surface area contributed by atoms with Crippen LogP contribution in [0, 0.1) is 0 Å². The van der Waals surface area contributed by atoms with Crippen LogP contribution in [0.4, 0.5) is 0 Å². The number of hydrogen-bond donors (Lipinski definition) is 2. The maximum absolute atomic E-state index is 11.8. The average molecular weight is 301 g/mol. The van der Waals surface area contributed by atoms with Crippen LogP contribution in [-0.4, -0.2) is 39.5 Å². The molecule has 0 spiro atoms. The van der Waals surface area contributed by atoms with Crippen LogP contribution in [-0.2, 0) is 10.2 Å². The van der Waals surface area contributed by atoms with Gasteiger partial charge in [-0.2, -0.15) is 8.42 Å². The fraction of sp³-hybridized carbons (Fsp3) is 0.692. The smallest absolute Gasteiger partial charge is 0.276 e. The van der Waals surface area contributed by atoms with Crippen molar-refractivity contribution in [3.8, 4) is 0 Å². The summed E-state index contributed by atoms with van der Waals surface area (Å²) in [6.45, 7) is 4.67. The highest BCUT2D eigenvalue weighted by Gasteiger charge is 2.26. The molecule has 0 bridgehead atoms. The Balaban J connectivity index is 1.98. The number of hydrogen-bond acceptors (Lipinski definition) is 4. The van der Waals surface area contributed by atoms with Crippen molar-refractivity contribution in [3.63, 3.8) is 0 Å². The van der Waals surface area contributed by atoms with Crippen molar-refractivity contribution >= 4 is 10.2 Å². The molecule has 0 radical (unpaired) electrons. The van der Waals surface area contributed by atoms with Gasteiger partial charge in [-0.1, -0.05) is 6.92 Å². The Hall–Kier alpha value is -0.890. The van der Waals surface area contributed by atoms with E-state index >= 15 is 0 Å². The van der Waals surface area contributed by atoms with Crippen LogP contribution in [0.2, 0.25) is 0 Å². The highest BCUT2D eigenvalue weighted by molar-refractivity contribution is 7.87. The van der Waals surface area contributed by atoms with E-state index in [1.54, 1.807) is 6.26 Å². The van der Waals surface area contributed by atoms with E-state index in [1.807, 2.05) is 19.1 Å². The van der Waals surface area contributed by atoms with Gasteiger partial charge in [0.2, 0.25) is 0 Å². The zero-order chi connectivity index (χ0) is 14.4. The molecule has 0 amide bonds. The largest absolute Gasteiger partial charge is 0.468 e. The van der Waals surface area contributed by atoms with Gasteiger partial charge in [0.15, 0.2) is 0 Å². The summed E-state index contributed by atoms with van der Waals surface area (Å²) in [5.41, 5.74) is 0. The van der Waals surface area contributed by atoms with Crippen molar-refractivity contribution in [3.05, 3.63) is 24.2 Å². The van der Waals surface area contributed by atoms with Crippen LogP contribution in [0.5, 0.6) is 0 Å². The summed E-state index contributed by atoms with van der Waals surface area (Å²) < 4.78 is 34.2. The van der Waals surface area contributed by atoms with Crippen molar-refractivity contribution in [1.82, 2.24) is 14.3 Å². The fourth-order valence-corrected chi connectivity index (χ4v) is 3.37. The molecule has 0 aromatic carbocycles. The predicted octanol–water partition coefficient (Wildman–Crippen LogP) is 1.25. The van der Waals surface area contributed by atoms with Gasteiger partial charge in [-0.3, -0.25) is 4.90 Å². The van der Waals surface area contributed by atoms with Gasteiger partial charge in [0.1, 0.15) is 5.76 Å². The van der Waals surface area contributed by atoms with E-state index in [2.05, 4.69) is 14.3 Å². The number of furan rings is 1. The van der Waals surface area contributed by atoms with Crippen molar-refractivity contribution in [1.29, 1.82) is 0 Å². The van der Waals surface area contributed by atoms with Crippen molar-refractivity contribution in [2.75, 3.05) is 26.2 Å². The zero-order valence-corrected chi connectivity index (χ0v) is 12.7. The Morgan fingerprint density at radius 1 is 1.35 bits per heavy atom. The normalized spacial score (nSPS) is 18.4. The van der Waals surface area contributed by atoms with Crippen LogP contribution in [0.1, 0.15) is 38.0 Å². The topological polar surface area (TPSA) is 74.6 Å². The molecule has 2 rings (SSSR count). The summed E-state index contributed by atoms with van der Waals surface area (Å²) in [7, 11) is -3.43. The first kappa shape index (κ1) is 15.5.